The molecule has 0 aliphatic carbocycles. The summed E-state index contributed by atoms with van der Waals surface area (Å²) in [5.74, 6) is -0.104. The first-order valence-corrected chi connectivity index (χ1v) is 7.11. The van der Waals surface area contributed by atoms with Crippen molar-refractivity contribution < 1.29 is 4.79 Å². The first-order chi connectivity index (χ1) is 10.7. The Bertz CT molecular complexity index is 789. The van der Waals surface area contributed by atoms with E-state index in [4.69, 9.17) is 0 Å². The Morgan fingerprint density at radius 2 is 2.14 bits per heavy atom. The van der Waals surface area contributed by atoms with Crippen molar-refractivity contribution >= 4 is 11.6 Å². The maximum Gasteiger partial charge on any atom is 0.257 e. The van der Waals surface area contributed by atoms with Crippen LogP contribution in [0.5, 0.6) is 0 Å². The summed E-state index contributed by atoms with van der Waals surface area (Å²) in [4.78, 5) is 12.4. The van der Waals surface area contributed by atoms with Crippen molar-refractivity contribution in [1.82, 2.24) is 19.6 Å². The Morgan fingerprint density at radius 1 is 1.27 bits per heavy atom. The van der Waals surface area contributed by atoms with Crippen molar-refractivity contribution in [2.75, 3.05) is 5.32 Å². The summed E-state index contributed by atoms with van der Waals surface area (Å²) < 4.78 is 3.62. The van der Waals surface area contributed by atoms with E-state index in [-0.39, 0.29) is 5.91 Å². The van der Waals surface area contributed by atoms with E-state index in [1.165, 1.54) is 0 Å². The number of aromatic nitrogens is 4. The number of nitrogens with zero attached hydrogens (tertiary/aromatic N) is 4. The summed E-state index contributed by atoms with van der Waals surface area (Å²) in [7, 11) is 1.95. The van der Waals surface area contributed by atoms with Crippen LogP contribution in [0.25, 0.3) is 5.69 Å². The van der Waals surface area contributed by atoms with Crippen LogP contribution in [0.1, 0.15) is 23.0 Å². The van der Waals surface area contributed by atoms with Crippen molar-refractivity contribution in [2.45, 2.75) is 13.3 Å². The van der Waals surface area contributed by atoms with E-state index in [2.05, 4.69) is 15.6 Å². The van der Waals surface area contributed by atoms with Crippen molar-refractivity contribution in [3.8, 4) is 5.69 Å². The fraction of sp³-hybridized carbons (Fsp3) is 0.188. The number of carbonyl (C=O) groups excluding carboxylic acids is 1. The quantitative estimate of drug-likeness (QED) is 0.804. The van der Waals surface area contributed by atoms with Gasteiger partial charge in [0.1, 0.15) is 0 Å². The molecule has 0 bridgehead atoms. The minimum atomic E-state index is -0.104. The van der Waals surface area contributed by atoms with E-state index in [0.29, 0.717) is 5.56 Å². The molecule has 3 rings (SSSR count). The molecular weight excluding hydrogens is 278 g/mol. The largest absolute Gasteiger partial charge is 0.354 e. The lowest BCUT2D eigenvalue weighted by Gasteiger charge is -2.08. The molecule has 6 heteroatoms. The predicted octanol–water partition coefficient (Wildman–Crippen LogP) is 2.42. The van der Waals surface area contributed by atoms with Gasteiger partial charge in [-0.3, -0.25) is 4.79 Å². The second kappa shape index (κ2) is 5.85. The Labute approximate surface area is 128 Å². The number of aryl methyl sites for hydroxylation is 1. The van der Waals surface area contributed by atoms with Crippen LogP contribution in [-0.4, -0.2) is 25.5 Å². The standard InChI is InChI=1S/C16H17N5O/c1-3-15-14(7-9-20(15)2)16(22)18-12-5-4-6-13(11-12)21-10-8-17-19-21/h4-11H,3H2,1-2H3,(H,18,22). The third kappa shape index (κ3) is 2.63. The van der Waals surface area contributed by atoms with Gasteiger partial charge in [-0.1, -0.05) is 18.2 Å². The molecule has 1 aromatic carbocycles. The number of hydrogen-bond donors (Lipinski definition) is 1. The predicted molar refractivity (Wildman–Crippen MR) is 84.1 cm³/mol. The summed E-state index contributed by atoms with van der Waals surface area (Å²) in [5, 5.41) is 10.7. The molecular formula is C16H17N5O. The molecule has 0 saturated carbocycles. The third-order valence-corrected chi connectivity index (χ3v) is 3.57. The number of benzene rings is 1. The zero-order valence-electron chi connectivity index (χ0n) is 12.5. The van der Waals surface area contributed by atoms with E-state index in [0.717, 1.165) is 23.5 Å². The summed E-state index contributed by atoms with van der Waals surface area (Å²) in [5.41, 5.74) is 3.30. The van der Waals surface area contributed by atoms with Crippen molar-refractivity contribution in [1.29, 1.82) is 0 Å². The van der Waals surface area contributed by atoms with Crippen LogP contribution >= 0.6 is 0 Å². The zero-order chi connectivity index (χ0) is 15.5. The van der Waals surface area contributed by atoms with Gasteiger partial charge in [-0.25, -0.2) is 4.68 Å². The molecule has 2 aromatic heterocycles. The van der Waals surface area contributed by atoms with Gasteiger partial charge in [0.2, 0.25) is 0 Å². The van der Waals surface area contributed by atoms with Gasteiger partial charge in [0, 0.05) is 24.6 Å². The van der Waals surface area contributed by atoms with Gasteiger partial charge in [0.15, 0.2) is 0 Å². The highest BCUT2D eigenvalue weighted by Gasteiger charge is 2.13. The highest BCUT2D eigenvalue weighted by molar-refractivity contribution is 6.05. The molecule has 3 aromatic rings. The molecule has 0 unspecified atom stereocenters. The van der Waals surface area contributed by atoms with Crippen molar-refractivity contribution in [2.24, 2.45) is 7.05 Å². The molecule has 0 saturated heterocycles. The summed E-state index contributed by atoms with van der Waals surface area (Å²) in [6.45, 7) is 2.04. The Hall–Kier alpha value is -2.89. The van der Waals surface area contributed by atoms with Crippen LogP contribution in [0.3, 0.4) is 0 Å². The number of nitrogens with one attached hydrogen (secondary N) is 1. The lowest BCUT2D eigenvalue weighted by atomic mass is 10.2. The highest BCUT2D eigenvalue weighted by Crippen LogP contribution is 2.17. The fourth-order valence-corrected chi connectivity index (χ4v) is 2.48. The average Bonchev–Trinajstić information content (AvgIpc) is 3.16. The van der Waals surface area contributed by atoms with Gasteiger partial charge in [0.25, 0.3) is 5.91 Å². The van der Waals surface area contributed by atoms with Crippen LogP contribution in [0.4, 0.5) is 5.69 Å². The molecule has 1 amide bonds. The van der Waals surface area contributed by atoms with Gasteiger partial charge in [-0.05, 0) is 30.7 Å². The van der Waals surface area contributed by atoms with Crippen LogP contribution in [0, 0.1) is 0 Å². The minimum Gasteiger partial charge on any atom is -0.354 e. The van der Waals surface area contributed by atoms with E-state index < -0.39 is 0 Å². The molecule has 0 aliphatic heterocycles. The average molecular weight is 295 g/mol. The molecule has 0 aliphatic rings. The van der Waals surface area contributed by atoms with Crippen LogP contribution in [-0.2, 0) is 13.5 Å². The number of rotatable bonds is 4. The number of anilines is 1. The number of amides is 1. The minimum absolute atomic E-state index is 0.104. The molecule has 0 fully saturated rings. The van der Waals surface area contributed by atoms with Gasteiger partial charge in [-0.15, -0.1) is 5.10 Å². The van der Waals surface area contributed by atoms with Gasteiger partial charge >= 0.3 is 0 Å². The maximum absolute atomic E-state index is 12.4. The maximum atomic E-state index is 12.4. The van der Waals surface area contributed by atoms with Gasteiger partial charge in [0.05, 0.1) is 23.6 Å². The Morgan fingerprint density at radius 3 is 2.86 bits per heavy atom. The molecule has 22 heavy (non-hydrogen) atoms. The smallest absolute Gasteiger partial charge is 0.257 e. The highest BCUT2D eigenvalue weighted by atomic mass is 16.1. The third-order valence-electron chi connectivity index (χ3n) is 3.57. The molecule has 2 heterocycles. The molecule has 0 radical (unpaired) electrons. The number of hydrogen-bond acceptors (Lipinski definition) is 3. The molecule has 0 spiro atoms. The lowest BCUT2D eigenvalue weighted by Crippen LogP contribution is -2.14. The molecule has 1 N–H and O–H groups in total. The second-order valence-electron chi connectivity index (χ2n) is 4.99. The summed E-state index contributed by atoms with van der Waals surface area (Å²) in [6.07, 6.45) is 6.08. The lowest BCUT2D eigenvalue weighted by molar-refractivity contribution is 0.102. The normalized spacial score (nSPS) is 10.6. The van der Waals surface area contributed by atoms with E-state index in [1.54, 1.807) is 17.1 Å². The number of carbonyl (C=O) groups is 1. The second-order valence-corrected chi connectivity index (χ2v) is 4.99. The molecule has 0 atom stereocenters. The molecule has 6 nitrogen and oxygen atoms in total. The van der Waals surface area contributed by atoms with E-state index >= 15 is 0 Å². The van der Waals surface area contributed by atoms with Crippen LogP contribution in [0.15, 0.2) is 48.9 Å². The van der Waals surface area contributed by atoms with Gasteiger partial charge in [-0.2, -0.15) is 0 Å². The van der Waals surface area contributed by atoms with Crippen LogP contribution in [0.2, 0.25) is 0 Å². The van der Waals surface area contributed by atoms with Gasteiger partial charge < -0.3 is 9.88 Å². The SMILES string of the molecule is CCc1c(C(=O)Nc2cccc(-n3ccnn3)c2)ccn1C. The van der Waals surface area contributed by atoms with Crippen LogP contribution < -0.4 is 5.32 Å². The Kier molecular flexibility index (Phi) is 3.74. The van der Waals surface area contributed by atoms with E-state index in [1.807, 2.05) is 55.1 Å². The first kappa shape index (κ1) is 14.1. The topological polar surface area (TPSA) is 64.7 Å². The molecule has 112 valence electrons. The van der Waals surface area contributed by atoms with Crippen molar-refractivity contribution in [3.05, 3.63) is 60.2 Å². The van der Waals surface area contributed by atoms with Crippen molar-refractivity contribution in [3.63, 3.8) is 0 Å². The fourth-order valence-electron chi connectivity index (χ4n) is 2.48. The monoisotopic (exact) mass is 295 g/mol. The zero-order valence-corrected chi connectivity index (χ0v) is 12.5. The first-order valence-electron chi connectivity index (χ1n) is 7.11. The summed E-state index contributed by atoms with van der Waals surface area (Å²) in [6, 6.07) is 9.34. The van der Waals surface area contributed by atoms with E-state index in [9.17, 15) is 4.79 Å². The Balaban J connectivity index is 1.84. The summed E-state index contributed by atoms with van der Waals surface area (Å²) >= 11 is 0.